The Balaban J connectivity index is 1.55. The molecule has 1 amide bonds. The normalized spacial score (nSPS) is 13.6. The van der Waals surface area contributed by atoms with E-state index in [2.05, 4.69) is 15.5 Å². The highest BCUT2D eigenvalue weighted by atomic mass is 16.4. The van der Waals surface area contributed by atoms with Crippen LogP contribution in [0.5, 0.6) is 0 Å². The van der Waals surface area contributed by atoms with Crippen LogP contribution in [0, 0.1) is 6.92 Å². The second kappa shape index (κ2) is 6.01. The van der Waals surface area contributed by atoms with E-state index in [1.54, 1.807) is 31.2 Å². The van der Waals surface area contributed by atoms with Crippen LogP contribution in [0.4, 0.5) is 5.69 Å². The van der Waals surface area contributed by atoms with Crippen LogP contribution in [-0.4, -0.2) is 21.9 Å². The number of hydrogen-bond acceptors (Lipinski definition) is 6. The number of amides is 1. The van der Waals surface area contributed by atoms with Gasteiger partial charge in [-0.1, -0.05) is 0 Å². The van der Waals surface area contributed by atoms with Crippen molar-refractivity contribution >= 4 is 17.4 Å². The number of hydrogen-bond donors (Lipinski definition) is 1. The van der Waals surface area contributed by atoms with E-state index in [0.717, 1.165) is 12.0 Å². The Morgan fingerprint density at radius 1 is 1.20 bits per heavy atom. The van der Waals surface area contributed by atoms with Gasteiger partial charge in [-0.3, -0.25) is 9.59 Å². The van der Waals surface area contributed by atoms with Crippen LogP contribution in [0.2, 0.25) is 0 Å². The molecule has 7 nitrogen and oxygen atoms in total. The molecular formula is C18H15N3O4. The van der Waals surface area contributed by atoms with Crippen molar-refractivity contribution in [1.82, 2.24) is 10.2 Å². The predicted octanol–water partition coefficient (Wildman–Crippen LogP) is 3.41. The van der Waals surface area contributed by atoms with Crippen LogP contribution in [0.25, 0.3) is 11.5 Å². The van der Waals surface area contributed by atoms with E-state index in [1.807, 2.05) is 0 Å². The molecule has 0 radical (unpaired) electrons. The average molecular weight is 337 g/mol. The predicted molar refractivity (Wildman–Crippen MR) is 88.4 cm³/mol. The minimum Gasteiger partial charge on any atom is -0.455 e. The molecule has 0 saturated heterocycles. The van der Waals surface area contributed by atoms with Crippen LogP contribution in [0.15, 0.2) is 39.5 Å². The minimum atomic E-state index is -0.370. The molecule has 0 saturated carbocycles. The summed E-state index contributed by atoms with van der Waals surface area (Å²) in [5, 5.41) is 10.2. The molecule has 7 heteroatoms. The number of ketones is 1. The lowest BCUT2D eigenvalue weighted by molar-refractivity contribution is 0.0963. The van der Waals surface area contributed by atoms with Crippen molar-refractivity contribution in [3.05, 3.63) is 53.3 Å². The number of benzene rings is 1. The van der Waals surface area contributed by atoms with Crippen molar-refractivity contribution in [2.75, 3.05) is 5.32 Å². The van der Waals surface area contributed by atoms with Crippen molar-refractivity contribution in [3.8, 4) is 11.5 Å². The number of aromatic nitrogens is 2. The standard InChI is InChI=1S/C18H15N3O4/c1-10-15-13(22)3-2-4-14(15)25-16(10)17(23)20-12-7-5-11(6-8-12)18-21-19-9-24-18/h5-9H,2-4H2,1H3,(H,20,23). The van der Waals surface area contributed by atoms with Gasteiger partial charge in [-0.25, -0.2) is 0 Å². The molecule has 126 valence electrons. The average Bonchev–Trinajstić information content (AvgIpc) is 3.25. The molecule has 25 heavy (non-hydrogen) atoms. The molecule has 4 rings (SSSR count). The summed E-state index contributed by atoms with van der Waals surface area (Å²) >= 11 is 0. The van der Waals surface area contributed by atoms with Crippen LogP contribution in [0.3, 0.4) is 0 Å². The number of Topliss-reactive ketones (excluding diaryl/α,β-unsaturated/α-hetero) is 1. The maximum Gasteiger partial charge on any atom is 0.291 e. The first-order valence-corrected chi connectivity index (χ1v) is 7.97. The molecule has 0 aliphatic heterocycles. The molecule has 0 bridgehead atoms. The number of fused-ring (bicyclic) bond motifs is 1. The highest BCUT2D eigenvalue weighted by molar-refractivity contribution is 6.07. The number of carbonyl (C=O) groups excluding carboxylic acids is 2. The van der Waals surface area contributed by atoms with Gasteiger partial charge in [0.25, 0.3) is 5.91 Å². The lowest BCUT2D eigenvalue weighted by Gasteiger charge is -2.07. The molecule has 1 aliphatic rings. The van der Waals surface area contributed by atoms with E-state index < -0.39 is 0 Å². The molecule has 1 aliphatic carbocycles. The van der Waals surface area contributed by atoms with Gasteiger partial charge in [0.2, 0.25) is 12.3 Å². The van der Waals surface area contributed by atoms with Gasteiger partial charge in [-0.05, 0) is 37.6 Å². The van der Waals surface area contributed by atoms with E-state index in [-0.39, 0.29) is 17.5 Å². The Kier molecular flexibility index (Phi) is 3.68. The lowest BCUT2D eigenvalue weighted by atomic mass is 9.94. The molecule has 3 aromatic rings. The zero-order chi connectivity index (χ0) is 17.4. The number of rotatable bonds is 3. The molecular weight excluding hydrogens is 322 g/mol. The van der Waals surface area contributed by atoms with Gasteiger partial charge < -0.3 is 14.2 Å². The zero-order valence-corrected chi connectivity index (χ0v) is 13.5. The summed E-state index contributed by atoms with van der Waals surface area (Å²) < 4.78 is 10.8. The summed E-state index contributed by atoms with van der Waals surface area (Å²) in [4.78, 5) is 24.6. The van der Waals surface area contributed by atoms with E-state index in [1.165, 1.54) is 6.39 Å². The van der Waals surface area contributed by atoms with Crippen molar-refractivity contribution in [3.63, 3.8) is 0 Å². The number of aryl methyl sites for hydroxylation is 1. The smallest absolute Gasteiger partial charge is 0.291 e. The van der Waals surface area contributed by atoms with Gasteiger partial charge in [0, 0.05) is 29.7 Å². The third-order valence-electron chi connectivity index (χ3n) is 4.26. The second-order valence-electron chi connectivity index (χ2n) is 5.91. The highest BCUT2D eigenvalue weighted by Crippen LogP contribution is 2.30. The van der Waals surface area contributed by atoms with Crippen molar-refractivity contribution in [1.29, 1.82) is 0 Å². The van der Waals surface area contributed by atoms with Gasteiger partial charge in [-0.15, -0.1) is 10.2 Å². The third kappa shape index (κ3) is 2.73. The van der Waals surface area contributed by atoms with Crippen molar-refractivity contribution in [2.24, 2.45) is 0 Å². The SMILES string of the molecule is Cc1c(C(=O)Nc2ccc(-c3nnco3)cc2)oc2c1C(=O)CCC2. The summed E-state index contributed by atoms with van der Waals surface area (Å²) in [5.74, 6) is 0.897. The Bertz CT molecular complexity index is 940. The Morgan fingerprint density at radius 3 is 2.68 bits per heavy atom. The highest BCUT2D eigenvalue weighted by Gasteiger charge is 2.28. The van der Waals surface area contributed by atoms with E-state index in [9.17, 15) is 9.59 Å². The maximum atomic E-state index is 12.5. The third-order valence-corrected chi connectivity index (χ3v) is 4.26. The fourth-order valence-electron chi connectivity index (χ4n) is 3.05. The Morgan fingerprint density at radius 2 is 2.00 bits per heavy atom. The number of anilines is 1. The monoisotopic (exact) mass is 337 g/mol. The molecule has 0 fully saturated rings. The molecule has 1 N–H and O–H groups in total. The summed E-state index contributed by atoms with van der Waals surface area (Å²) in [6.07, 6.45) is 3.21. The minimum absolute atomic E-state index is 0.0467. The fourth-order valence-corrected chi connectivity index (χ4v) is 3.05. The number of furan rings is 1. The lowest BCUT2D eigenvalue weighted by Crippen LogP contribution is -2.13. The molecule has 0 atom stereocenters. The first kappa shape index (κ1) is 15.3. The number of nitrogens with zero attached hydrogens (tertiary/aromatic N) is 2. The summed E-state index contributed by atoms with van der Waals surface area (Å²) in [7, 11) is 0. The first-order chi connectivity index (χ1) is 12.1. The van der Waals surface area contributed by atoms with Gasteiger partial charge in [0.15, 0.2) is 11.5 Å². The second-order valence-corrected chi connectivity index (χ2v) is 5.91. The van der Waals surface area contributed by atoms with E-state index >= 15 is 0 Å². The number of nitrogens with one attached hydrogen (secondary N) is 1. The van der Waals surface area contributed by atoms with Crippen LogP contribution >= 0.6 is 0 Å². The summed E-state index contributed by atoms with van der Waals surface area (Å²) in [6.45, 7) is 1.75. The molecule has 2 heterocycles. The summed E-state index contributed by atoms with van der Waals surface area (Å²) in [5.41, 5.74) is 2.54. The van der Waals surface area contributed by atoms with Crippen LogP contribution < -0.4 is 5.32 Å². The molecule has 2 aromatic heterocycles. The maximum absolute atomic E-state index is 12.5. The zero-order valence-electron chi connectivity index (χ0n) is 13.5. The van der Waals surface area contributed by atoms with Gasteiger partial charge in [0.05, 0.1) is 5.56 Å². The van der Waals surface area contributed by atoms with Crippen LogP contribution in [-0.2, 0) is 6.42 Å². The van der Waals surface area contributed by atoms with Crippen LogP contribution in [0.1, 0.15) is 45.1 Å². The Hall–Kier alpha value is -3.22. The number of carbonyl (C=O) groups is 2. The van der Waals surface area contributed by atoms with Gasteiger partial charge >= 0.3 is 0 Å². The first-order valence-electron chi connectivity index (χ1n) is 7.97. The summed E-state index contributed by atoms with van der Waals surface area (Å²) in [6, 6.07) is 7.01. The topological polar surface area (TPSA) is 98.2 Å². The molecule has 0 unspecified atom stereocenters. The van der Waals surface area contributed by atoms with Gasteiger partial charge in [-0.2, -0.15) is 0 Å². The van der Waals surface area contributed by atoms with E-state index in [0.29, 0.717) is 41.3 Å². The molecule has 1 aromatic carbocycles. The molecule has 0 spiro atoms. The quantitative estimate of drug-likeness (QED) is 0.786. The largest absolute Gasteiger partial charge is 0.455 e. The van der Waals surface area contributed by atoms with Crippen molar-refractivity contribution in [2.45, 2.75) is 26.2 Å². The van der Waals surface area contributed by atoms with Gasteiger partial charge in [0.1, 0.15) is 5.76 Å². The van der Waals surface area contributed by atoms with Crippen molar-refractivity contribution < 1.29 is 18.4 Å². The Labute approximate surface area is 143 Å². The fraction of sp³-hybridized carbons (Fsp3) is 0.222. The van der Waals surface area contributed by atoms with E-state index in [4.69, 9.17) is 8.83 Å².